The number of nitrogens with zero attached hydrogens (tertiary/aromatic N) is 1. The van der Waals surface area contributed by atoms with E-state index in [2.05, 4.69) is 10.6 Å². The van der Waals surface area contributed by atoms with Crippen LogP contribution in [0.1, 0.15) is 18.4 Å². The molecule has 128 valence electrons. The minimum absolute atomic E-state index is 0.0555. The number of benzene rings is 1. The number of nitrogens with one attached hydrogen (secondary N) is 2. The predicted octanol–water partition coefficient (Wildman–Crippen LogP) is 1.19. The Balaban J connectivity index is 2.33. The van der Waals surface area contributed by atoms with Gasteiger partial charge in [0.1, 0.15) is 5.69 Å². The maximum atomic E-state index is 11.6. The van der Waals surface area contributed by atoms with Crippen molar-refractivity contribution in [3.63, 3.8) is 0 Å². The molecule has 0 saturated carbocycles. The lowest BCUT2D eigenvalue weighted by Gasteiger charge is -2.13. The van der Waals surface area contributed by atoms with Crippen molar-refractivity contribution in [1.29, 1.82) is 0 Å². The van der Waals surface area contributed by atoms with Crippen LogP contribution in [0.2, 0.25) is 0 Å². The Morgan fingerprint density at radius 1 is 1.43 bits per heavy atom. The molecule has 0 aromatic heterocycles. The highest BCUT2D eigenvalue weighted by molar-refractivity contribution is 5.76. The summed E-state index contributed by atoms with van der Waals surface area (Å²) in [4.78, 5) is 22.2. The van der Waals surface area contributed by atoms with Gasteiger partial charge in [0, 0.05) is 32.8 Å². The number of nitro groups is 1. The van der Waals surface area contributed by atoms with Crippen molar-refractivity contribution in [3.05, 3.63) is 33.9 Å². The fraction of sp³-hybridized carbons (Fsp3) is 0.533. The summed E-state index contributed by atoms with van der Waals surface area (Å²) in [7, 11) is 1.52. The molecule has 1 rings (SSSR count). The van der Waals surface area contributed by atoms with Crippen LogP contribution in [0, 0.1) is 17.0 Å². The molecule has 0 fully saturated rings. The molecule has 1 aromatic carbocycles. The number of hydrogen-bond donors (Lipinski definition) is 3. The molecule has 0 bridgehead atoms. The van der Waals surface area contributed by atoms with Gasteiger partial charge in [0.05, 0.1) is 17.4 Å². The lowest BCUT2D eigenvalue weighted by molar-refractivity contribution is -0.384. The molecular formula is C15H24N4O4. The van der Waals surface area contributed by atoms with Crippen molar-refractivity contribution in [2.24, 2.45) is 5.73 Å². The zero-order chi connectivity index (χ0) is 17.2. The first-order valence-electron chi connectivity index (χ1n) is 7.46. The molecule has 8 nitrogen and oxygen atoms in total. The van der Waals surface area contributed by atoms with Crippen molar-refractivity contribution in [2.75, 3.05) is 32.1 Å². The van der Waals surface area contributed by atoms with Crippen LogP contribution in [-0.2, 0) is 9.53 Å². The zero-order valence-electron chi connectivity index (χ0n) is 13.5. The molecule has 8 heteroatoms. The van der Waals surface area contributed by atoms with Crippen molar-refractivity contribution >= 4 is 17.3 Å². The minimum Gasteiger partial charge on any atom is -0.380 e. The summed E-state index contributed by atoms with van der Waals surface area (Å²) in [6.07, 6.45) is 0.601. The number of anilines is 1. The first-order valence-corrected chi connectivity index (χ1v) is 7.46. The van der Waals surface area contributed by atoms with E-state index in [0.717, 1.165) is 5.56 Å². The average Bonchev–Trinajstić information content (AvgIpc) is 2.53. The molecule has 0 radical (unpaired) electrons. The quantitative estimate of drug-likeness (QED) is 0.338. The molecule has 0 aliphatic heterocycles. The smallest absolute Gasteiger partial charge is 0.292 e. The molecular weight excluding hydrogens is 300 g/mol. The van der Waals surface area contributed by atoms with E-state index in [1.807, 2.05) is 6.07 Å². The average molecular weight is 324 g/mol. The maximum Gasteiger partial charge on any atom is 0.292 e. The number of amides is 1. The van der Waals surface area contributed by atoms with Gasteiger partial charge in [-0.1, -0.05) is 6.07 Å². The van der Waals surface area contributed by atoms with E-state index in [9.17, 15) is 14.9 Å². The van der Waals surface area contributed by atoms with Crippen LogP contribution in [0.25, 0.3) is 0 Å². The van der Waals surface area contributed by atoms with E-state index >= 15 is 0 Å². The highest BCUT2D eigenvalue weighted by atomic mass is 16.6. The summed E-state index contributed by atoms with van der Waals surface area (Å²) in [6.45, 7) is 3.10. The fourth-order valence-corrected chi connectivity index (χ4v) is 2.02. The molecule has 0 spiro atoms. The Bertz CT molecular complexity index is 532. The number of rotatable bonds is 10. The normalized spacial score (nSPS) is 11.8. The van der Waals surface area contributed by atoms with Gasteiger partial charge >= 0.3 is 0 Å². The Hall–Kier alpha value is -2.19. The van der Waals surface area contributed by atoms with Gasteiger partial charge in [-0.2, -0.15) is 0 Å². The lowest BCUT2D eigenvalue weighted by Crippen LogP contribution is -2.33. The van der Waals surface area contributed by atoms with Crippen molar-refractivity contribution in [3.8, 4) is 0 Å². The Kier molecular flexibility index (Phi) is 8.00. The summed E-state index contributed by atoms with van der Waals surface area (Å²) in [5, 5.41) is 16.8. The van der Waals surface area contributed by atoms with E-state index in [0.29, 0.717) is 31.7 Å². The molecule has 1 atom stereocenters. The van der Waals surface area contributed by atoms with E-state index in [-0.39, 0.29) is 24.1 Å². The molecule has 0 heterocycles. The molecule has 0 aliphatic rings. The summed E-state index contributed by atoms with van der Waals surface area (Å²) in [6, 6.07) is 5.03. The Morgan fingerprint density at radius 2 is 2.17 bits per heavy atom. The summed E-state index contributed by atoms with van der Waals surface area (Å²) in [5.74, 6) is -0.122. The van der Waals surface area contributed by atoms with E-state index in [1.165, 1.54) is 13.2 Å². The number of aryl methyl sites for hydroxylation is 1. The molecule has 0 saturated heterocycles. The van der Waals surface area contributed by atoms with Gasteiger partial charge in [-0.3, -0.25) is 14.9 Å². The Labute approximate surface area is 135 Å². The van der Waals surface area contributed by atoms with Gasteiger partial charge in [0.15, 0.2) is 0 Å². The SMILES string of the molecule is COC(CN)CC(=O)NCCCNc1ccc(C)cc1[N+](=O)[O-]. The monoisotopic (exact) mass is 324 g/mol. The van der Waals surface area contributed by atoms with Crippen LogP contribution in [-0.4, -0.2) is 43.7 Å². The highest BCUT2D eigenvalue weighted by Gasteiger charge is 2.13. The topological polar surface area (TPSA) is 120 Å². The second-order valence-electron chi connectivity index (χ2n) is 5.21. The molecule has 0 aliphatic carbocycles. The van der Waals surface area contributed by atoms with Crippen molar-refractivity contribution < 1.29 is 14.5 Å². The zero-order valence-corrected chi connectivity index (χ0v) is 13.5. The number of carbonyl (C=O) groups is 1. The van der Waals surface area contributed by atoms with Gasteiger partial charge in [-0.25, -0.2) is 0 Å². The van der Waals surface area contributed by atoms with Crippen LogP contribution < -0.4 is 16.4 Å². The van der Waals surface area contributed by atoms with Crippen molar-refractivity contribution in [1.82, 2.24) is 5.32 Å². The van der Waals surface area contributed by atoms with Gasteiger partial charge in [-0.05, 0) is 25.0 Å². The first kappa shape index (κ1) is 18.9. The maximum absolute atomic E-state index is 11.6. The van der Waals surface area contributed by atoms with Crippen LogP contribution in [0.5, 0.6) is 0 Å². The first-order chi connectivity index (χ1) is 11.0. The van der Waals surface area contributed by atoms with E-state index in [1.54, 1.807) is 13.0 Å². The third-order valence-electron chi connectivity index (χ3n) is 3.35. The number of nitrogens with two attached hydrogens (primary N) is 1. The van der Waals surface area contributed by atoms with E-state index in [4.69, 9.17) is 10.5 Å². The highest BCUT2D eigenvalue weighted by Crippen LogP contribution is 2.24. The predicted molar refractivity (Wildman–Crippen MR) is 88.4 cm³/mol. The number of hydrogen-bond acceptors (Lipinski definition) is 6. The van der Waals surface area contributed by atoms with Crippen molar-refractivity contribution in [2.45, 2.75) is 25.9 Å². The standard InChI is InChI=1S/C15H24N4O4/c1-11-4-5-13(14(8-11)19(21)22)17-6-3-7-18-15(20)9-12(10-16)23-2/h4-5,8,12,17H,3,6-7,9-10,16H2,1-2H3,(H,18,20). The molecule has 1 aromatic rings. The van der Waals surface area contributed by atoms with Gasteiger partial charge in [-0.15, -0.1) is 0 Å². The molecule has 1 unspecified atom stereocenters. The van der Waals surface area contributed by atoms with Gasteiger partial charge < -0.3 is 21.1 Å². The third kappa shape index (κ3) is 6.62. The summed E-state index contributed by atoms with van der Waals surface area (Å²) >= 11 is 0. The Morgan fingerprint density at radius 3 is 2.78 bits per heavy atom. The van der Waals surface area contributed by atoms with Crippen LogP contribution in [0.4, 0.5) is 11.4 Å². The van der Waals surface area contributed by atoms with Gasteiger partial charge in [0.2, 0.25) is 5.91 Å². The van der Waals surface area contributed by atoms with Gasteiger partial charge in [0.25, 0.3) is 5.69 Å². The number of nitro benzene ring substituents is 1. The number of methoxy groups -OCH3 is 1. The molecule has 23 heavy (non-hydrogen) atoms. The number of ether oxygens (including phenoxy) is 1. The van der Waals surface area contributed by atoms with Crippen LogP contribution in [0.15, 0.2) is 18.2 Å². The van der Waals surface area contributed by atoms with Crippen LogP contribution >= 0.6 is 0 Å². The number of carbonyl (C=O) groups excluding carboxylic acids is 1. The third-order valence-corrected chi connectivity index (χ3v) is 3.35. The lowest BCUT2D eigenvalue weighted by atomic mass is 10.2. The molecule has 4 N–H and O–H groups in total. The second-order valence-corrected chi connectivity index (χ2v) is 5.21. The molecule has 1 amide bonds. The van der Waals surface area contributed by atoms with E-state index < -0.39 is 4.92 Å². The summed E-state index contributed by atoms with van der Waals surface area (Å²) < 4.78 is 5.04. The fourth-order valence-electron chi connectivity index (χ4n) is 2.02. The largest absolute Gasteiger partial charge is 0.380 e. The van der Waals surface area contributed by atoms with Crippen LogP contribution in [0.3, 0.4) is 0 Å². The summed E-state index contributed by atoms with van der Waals surface area (Å²) in [5.41, 5.74) is 6.82. The minimum atomic E-state index is -0.408. The second kappa shape index (κ2) is 9.75.